The summed E-state index contributed by atoms with van der Waals surface area (Å²) in [6.07, 6.45) is 7.75. The highest BCUT2D eigenvalue weighted by Gasteiger charge is 2.16. The van der Waals surface area contributed by atoms with E-state index in [1.54, 1.807) is 30.4 Å². The van der Waals surface area contributed by atoms with E-state index < -0.39 is 5.97 Å². The van der Waals surface area contributed by atoms with E-state index in [1.165, 1.54) is 18.5 Å². The maximum absolute atomic E-state index is 11.3. The maximum atomic E-state index is 11.3. The third-order valence-corrected chi connectivity index (χ3v) is 7.18. The highest BCUT2D eigenvalue weighted by Crippen LogP contribution is 2.39. The molecule has 47 heavy (non-hydrogen) atoms. The van der Waals surface area contributed by atoms with Gasteiger partial charge in [0, 0.05) is 34.1 Å². The van der Waals surface area contributed by atoms with Crippen LogP contribution >= 0.6 is 0 Å². The highest BCUT2D eigenvalue weighted by molar-refractivity contribution is 5.96. The second-order valence-electron chi connectivity index (χ2n) is 10.2. The first-order valence-corrected chi connectivity index (χ1v) is 14.5. The molecule has 0 spiro atoms. The van der Waals surface area contributed by atoms with Gasteiger partial charge in [-0.1, -0.05) is 66.7 Å². The number of benzene rings is 5. The van der Waals surface area contributed by atoms with Crippen molar-refractivity contribution >= 4 is 58.3 Å². The van der Waals surface area contributed by atoms with Crippen LogP contribution in [0.15, 0.2) is 145 Å². The molecule has 0 aliphatic carbocycles. The summed E-state index contributed by atoms with van der Waals surface area (Å²) in [7, 11) is 0. The number of carboxylic acids is 1. The molecule has 0 aliphatic rings. The Balaban J connectivity index is 1.54. The van der Waals surface area contributed by atoms with Crippen LogP contribution in [0.4, 0.5) is 34.1 Å². The summed E-state index contributed by atoms with van der Waals surface area (Å²) in [5.41, 5.74) is 7.62. The summed E-state index contributed by atoms with van der Waals surface area (Å²) in [4.78, 5) is 22.2. The van der Waals surface area contributed by atoms with Crippen LogP contribution < -0.4 is 9.80 Å². The second-order valence-corrected chi connectivity index (χ2v) is 10.2. The first-order chi connectivity index (χ1) is 23.0. The van der Waals surface area contributed by atoms with E-state index in [-0.39, 0.29) is 5.57 Å². The van der Waals surface area contributed by atoms with Crippen molar-refractivity contribution in [1.82, 2.24) is 0 Å². The molecule has 7 nitrogen and oxygen atoms in total. The molecule has 0 unspecified atom stereocenters. The first-order valence-electron chi connectivity index (χ1n) is 14.5. The molecule has 0 radical (unpaired) electrons. The normalized spacial score (nSPS) is 11.0. The monoisotopic (exact) mass is 609 g/mol. The predicted octanol–water partition coefficient (Wildman–Crippen LogP) is 10.4. The number of nitrogens with zero attached hydrogens (tertiary/aromatic N) is 5. The van der Waals surface area contributed by atoms with Crippen molar-refractivity contribution in [3.8, 4) is 6.07 Å². The zero-order valence-electron chi connectivity index (χ0n) is 25.1. The summed E-state index contributed by atoms with van der Waals surface area (Å²) in [5.74, 6) is -1.27. The van der Waals surface area contributed by atoms with Gasteiger partial charge in [-0.3, -0.25) is 0 Å². The summed E-state index contributed by atoms with van der Waals surface area (Å²) in [6.45, 7) is 14.1. The molecule has 7 heteroatoms. The van der Waals surface area contributed by atoms with E-state index in [1.807, 2.05) is 115 Å². The third kappa shape index (κ3) is 7.69. The molecule has 224 valence electrons. The van der Waals surface area contributed by atoms with Crippen LogP contribution in [0.25, 0.3) is 27.9 Å². The Morgan fingerprint density at radius 2 is 0.915 bits per heavy atom. The molecule has 0 saturated carbocycles. The van der Waals surface area contributed by atoms with Crippen LogP contribution in [-0.4, -0.2) is 11.1 Å². The number of hydrogen-bond acceptors (Lipinski definition) is 4. The fraction of sp³-hybridized carbons (Fsp3) is 0. The number of hydrogen-bond donors (Lipinski definition) is 1. The van der Waals surface area contributed by atoms with Crippen LogP contribution in [0, 0.1) is 24.5 Å². The van der Waals surface area contributed by atoms with E-state index in [0.29, 0.717) is 5.56 Å². The van der Waals surface area contributed by atoms with Gasteiger partial charge >= 0.3 is 5.97 Å². The van der Waals surface area contributed by atoms with Crippen molar-refractivity contribution in [3.63, 3.8) is 0 Å². The van der Waals surface area contributed by atoms with Crippen LogP contribution in [0.3, 0.4) is 0 Å². The quantitative estimate of drug-likeness (QED) is 0.0968. The lowest BCUT2D eigenvalue weighted by atomic mass is 10.1. The van der Waals surface area contributed by atoms with Crippen LogP contribution in [0.5, 0.6) is 0 Å². The molecular weight excluding hydrogens is 582 g/mol. The summed E-state index contributed by atoms with van der Waals surface area (Å²) >= 11 is 0. The number of para-hydroxylation sites is 1. The molecule has 5 rings (SSSR count). The SMILES string of the molecule is [C-]#[N+]C=Cc1ccc(N(c2ccc(C=C[N+]#[C-])cc2)c2ccc(N(c3ccccc3)c3ccc(C=C(C#N)C(=O)O)cc3)cc2)cc1. The Morgan fingerprint density at radius 1 is 0.574 bits per heavy atom. The molecule has 0 atom stereocenters. The number of aliphatic carboxylic acids is 1. The van der Waals surface area contributed by atoms with Gasteiger partial charge in [-0.25, -0.2) is 14.5 Å². The minimum atomic E-state index is -1.27. The van der Waals surface area contributed by atoms with Gasteiger partial charge in [-0.15, -0.1) is 0 Å². The molecule has 0 bridgehead atoms. The highest BCUT2D eigenvalue weighted by atomic mass is 16.4. The van der Waals surface area contributed by atoms with Gasteiger partial charge in [-0.05, 0) is 95.6 Å². The molecule has 5 aromatic rings. The van der Waals surface area contributed by atoms with Crippen molar-refractivity contribution in [2.45, 2.75) is 0 Å². The van der Waals surface area contributed by atoms with Gasteiger partial charge in [-0.2, -0.15) is 5.26 Å². The molecule has 0 saturated heterocycles. The Hall–Kier alpha value is -7.14. The minimum absolute atomic E-state index is 0.332. The number of anilines is 6. The van der Waals surface area contributed by atoms with Gasteiger partial charge in [0.1, 0.15) is 11.6 Å². The van der Waals surface area contributed by atoms with E-state index in [4.69, 9.17) is 18.4 Å². The largest absolute Gasteiger partial charge is 0.477 e. The molecule has 5 aromatic carbocycles. The fourth-order valence-electron chi connectivity index (χ4n) is 4.97. The summed E-state index contributed by atoms with van der Waals surface area (Å²) in [5, 5.41) is 18.4. The molecular formula is C40H27N5O2. The van der Waals surface area contributed by atoms with E-state index in [9.17, 15) is 9.90 Å². The van der Waals surface area contributed by atoms with Crippen molar-refractivity contribution in [3.05, 3.63) is 185 Å². The zero-order chi connectivity index (χ0) is 33.0. The predicted molar refractivity (Wildman–Crippen MR) is 188 cm³/mol. The number of nitriles is 1. The number of carboxylic acid groups (broad SMARTS) is 1. The fourth-order valence-corrected chi connectivity index (χ4v) is 4.97. The topological polar surface area (TPSA) is 76.3 Å². The summed E-state index contributed by atoms with van der Waals surface area (Å²) in [6, 6.07) is 43.1. The Bertz CT molecular complexity index is 1990. The number of carbonyl (C=O) groups is 1. The molecule has 1 N–H and O–H groups in total. The van der Waals surface area contributed by atoms with E-state index >= 15 is 0 Å². The van der Waals surface area contributed by atoms with Crippen molar-refractivity contribution in [2.24, 2.45) is 0 Å². The van der Waals surface area contributed by atoms with Gasteiger partial charge in [0.05, 0.1) is 13.1 Å². The average Bonchev–Trinajstić information content (AvgIpc) is 3.11. The molecule has 0 aliphatic heterocycles. The molecule has 0 heterocycles. The number of rotatable bonds is 10. The Morgan fingerprint density at radius 3 is 1.26 bits per heavy atom. The van der Waals surface area contributed by atoms with Crippen molar-refractivity contribution < 1.29 is 9.90 Å². The van der Waals surface area contributed by atoms with Gasteiger partial charge in [0.25, 0.3) is 0 Å². The van der Waals surface area contributed by atoms with Crippen molar-refractivity contribution in [1.29, 1.82) is 5.26 Å². The van der Waals surface area contributed by atoms with Crippen LogP contribution in [0.1, 0.15) is 16.7 Å². The smallest absolute Gasteiger partial charge is 0.346 e. The maximum Gasteiger partial charge on any atom is 0.346 e. The van der Waals surface area contributed by atoms with E-state index in [0.717, 1.165) is 45.3 Å². The Labute approximate surface area is 273 Å². The second kappa shape index (κ2) is 15.0. The molecule has 0 amide bonds. The van der Waals surface area contributed by atoms with E-state index in [2.05, 4.69) is 19.5 Å². The molecule has 0 aromatic heterocycles. The van der Waals surface area contributed by atoms with Crippen LogP contribution in [0.2, 0.25) is 0 Å². The lowest BCUT2D eigenvalue weighted by Crippen LogP contribution is -2.12. The zero-order valence-corrected chi connectivity index (χ0v) is 25.1. The third-order valence-electron chi connectivity index (χ3n) is 7.18. The van der Waals surface area contributed by atoms with Gasteiger partial charge in [0.15, 0.2) is 12.4 Å². The lowest BCUT2D eigenvalue weighted by Gasteiger charge is -2.28. The van der Waals surface area contributed by atoms with Crippen molar-refractivity contribution in [2.75, 3.05) is 9.80 Å². The average molecular weight is 610 g/mol. The van der Waals surface area contributed by atoms with Crippen LogP contribution in [-0.2, 0) is 4.79 Å². The Kier molecular flexibility index (Phi) is 10.0. The summed E-state index contributed by atoms with van der Waals surface area (Å²) < 4.78 is 0. The van der Waals surface area contributed by atoms with Gasteiger partial charge in [0.2, 0.25) is 0 Å². The standard InChI is InChI=1S/C40H27N5O2/c1-42-26-24-30-8-14-35(15-9-30)45(36-16-10-31(11-17-36)25-27-43-2)39-22-20-38(21-23-39)44(34-6-4-3-5-7-34)37-18-12-32(13-19-37)28-33(29-41)40(46)47/h3-28H,(H,46,47). The first kappa shape index (κ1) is 31.3. The minimum Gasteiger partial charge on any atom is -0.477 e. The van der Waals surface area contributed by atoms with Gasteiger partial charge < -0.3 is 14.9 Å². The molecule has 0 fully saturated rings. The lowest BCUT2D eigenvalue weighted by molar-refractivity contribution is -0.132.